The van der Waals surface area contributed by atoms with E-state index in [9.17, 15) is 18.0 Å². The number of sulfonamides is 1. The minimum absolute atomic E-state index is 0.0238. The number of aryl methyl sites for hydroxylation is 1. The fourth-order valence-electron chi connectivity index (χ4n) is 2.13. The molecule has 1 fully saturated rings. The average Bonchev–Trinajstić information content (AvgIpc) is 2.71. The van der Waals surface area contributed by atoms with Crippen LogP contribution in [-0.4, -0.2) is 61.3 Å². The number of carboxylic acids is 1. The molecule has 1 aromatic heterocycles. The Balaban J connectivity index is 2.37. The molecular formula is C12H16N2O5S2. The third-order valence-electron chi connectivity index (χ3n) is 3.34. The first-order valence-corrected chi connectivity index (χ1v) is 8.57. The summed E-state index contributed by atoms with van der Waals surface area (Å²) in [7, 11) is -2.22. The predicted octanol–water partition coefficient (Wildman–Crippen LogP) is 0.608. The third kappa shape index (κ3) is 3.09. The molecule has 1 amide bonds. The van der Waals surface area contributed by atoms with Crippen molar-refractivity contribution in [2.75, 3.05) is 26.7 Å². The second-order valence-electron chi connectivity index (χ2n) is 4.84. The van der Waals surface area contributed by atoms with Gasteiger partial charge in [-0.25, -0.2) is 13.2 Å². The van der Waals surface area contributed by atoms with Crippen molar-refractivity contribution in [3.05, 3.63) is 15.8 Å². The van der Waals surface area contributed by atoms with Gasteiger partial charge in [0.05, 0.1) is 11.4 Å². The third-order valence-corrected chi connectivity index (χ3v) is 6.48. The fraction of sp³-hybridized carbons (Fsp3) is 0.500. The van der Waals surface area contributed by atoms with Crippen LogP contribution in [0.5, 0.6) is 0 Å². The second-order valence-corrected chi connectivity index (χ2v) is 8.01. The quantitative estimate of drug-likeness (QED) is 0.875. The number of hydrogen-bond donors (Lipinski definition) is 1. The van der Waals surface area contributed by atoms with Crippen LogP contribution in [0.15, 0.2) is 11.0 Å². The molecule has 1 aliphatic heterocycles. The van der Waals surface area contributed by atoms with Crippen molar-refractivity contribution in [1.29, 1.82) is 0 Å². The highest BCUT2D eigenvalue weighted by Gasteiger charge is 2.32. The molecule has 1 N–H and O–H groups in total. The number of amides is 1. The van der Waals surface area contributed by atoms with E-state index in [1.807, 2.05) is 0 Å². The lowest BCUT2D eigenvalue weighted by Gasteiger charge is -2.19. The summed E-state index contributed by atoms with van der Waals surface area (Å²) in [6.45, 7) is 2.11. The number of carbonyl (C=O) groups excluding carboxylic acids is 1. The summed E-state index contributed by atoms with van der Waals surface area (Å²) in [6, 6.07) is 1.16. The van der Waals surface area contributed by atoms with Crippen LogP contribution in [0.1, 0.15) is 21.0 Å². The van der Waals surface area contributed by atoms with Crippen LogP contribution < -0.4 is 0 Å². The van der Waals surface area contributed by atoms with Gasteiger partial charge >= 0.3 is 5.97 Å². The van der Waals surface area contributed by atoms with Gasteiger partial charge in [-0.15, -0.1) is 11.3 Å². The van der Waals surface area contributed by atoms with Gasteiger partial charge in [-0.05, 0) is 19.4 Å². The van der Waals surface area contributed by atoms with Crippen molar-refractivity contribution in [3.8, 4) is 0 Å². The number of likely N-dealkylation sites (N-methyl/N-ethyl adjacent to an activating group) is 1. The maximum atomic E-state index is 12.6. The highest BCUT2D eigenvalue weighted by molar-refractivity contribution is 7.89. The van der Waals surface area contributed by atoms with Crippen molar-refractivity contribution in [2.45, 2.75) is 18.2 Å². The van der Waals surface area contributed by atoms with E-state index in [0.717, 1.165) is 21.7 Å². The van der Waals surface area contributed by atoms with Gasteiger partial charge in [-0.3, -0.25) is 4.79 Å². The number of thiophene rings is 1. The van der Waals surface area contributed by atoms with Gasteiger partial charge in [-0.1, -0.05) is 0 Å². The summed E-state index contributed by atoms with van der Waals surface area (Å²) >= 11 is 0.919. The predicted molar refractivity (Wildman–Crippen MR) is 77.0 cm³/mol. The van der Waals surface area contributed by atoms with Gasteiger partial charge in [0.15, 0.2) is 0 Å². The van der Waals surface area contributed by atoms with Gasteiger partial charge in [0.25, 0.3) is 0 Å². The summed E-state index contributed by atoms with van der Waals surface area (Å²) in [5, 5.41) is 8.96. The van der Waals surface area contributed by atoms with Crippen LogP contribution in [0.25, 0.3) is 0 Å². The first-order valence-electron chi connectivity index (χ1n) is 6.31. The molecule has 0 bridgehead atoms. The smallest absolute Gasteiger partial charge is 0.345 e. The fourth-order valence-corrected chi connectivity index (χ4v) is 4.96. The van der Waals surface area contributed by atoms with Gasteiger partial charge in [0.2, 0.25) is 15.9 Å². The van der Waals surface area contributed by atoms with Crippen molar-refractivity contribution < 1.29 is 23.1 Å². The number of carbonyl (C=O) groups is 2. The molecule has 0 unspecified atom stereocenters. The van der Waals surface area contributed by atoms with Gasteiger partial charge < -0.3 is 10.0 Å². The summed E-state index contributed by atoms with van der Waals surface area (Å²) in [5.74, 6) is -1.42. The van der Waals surface area contributed by atoms with E-state index in [4.69, 9.17) is 5.11 Å². The minimum Gasteiger partial charge on any atom is -0.477 e. The number of carboxylic acid groups (broad SMARTS) is 1. The van der Waals surface area contributed by atoms with E-state index in [-0.39, 0.29) is 28.8 Å². The summed E-state index contributed by atoms with van der Waals surface area (Å²) < 4.78 is 26.4. The van der Waals surface area contributed by atoms with Crippen molar-refractivity contribution in [3.63, 3.8) is 0 Å². The molecule has 2 rings (SSSR count). The molecule has 0 atom stereocenters. The van der Waals surface area contributed by atoms with E-state index < -0.39 is 16.0 Å². The molecule has 0 spiro atoms. The van der Waals surface area contributed by atoms with E-state index in [1.165, 1.54) is 4.90 Å². The maximum absolute atomic E-state index is 12.6. The zero-order chi connectivity index (χ0) is 15.8. The Labute approximate surface area is 126 Å². The van der Waals surface area contributed by atoms with Gasteiger partial charge in [0.1, 0.15) is 4.88 Å². The number of nitrogens with zero attached hydrogens (tertiary/aromatic N) is 2. The SMILES string of the molecule is Cc1sc(C(=O)O)cc1S(=O)(=O)N1CCCN(C)C(=O)C1. The minimum atomic E-state index is -3.85. The van der Waals surface area contributed by atoms with Crippen LogP contribution in [0.2, 0.25) is 0 Å². The van der Waals surface area contributed by atoms with Crippen LogP contribution in [0.3, 0.4) is 0 Å². The molecule has 2 heterocycles. The zero-order valence-corrected chi connectivity index (χ0v) is 13.3. The van der Waals surface area contributed by atoms with Crippen molar-refractivity contribution in [2.24, 2.45) is 0 Å². The van der Waals surface area contributed by atoms with Gasteiger partial charge in [0, 0.05) is 25.0 Å². The van der Waals surface area contributed by atoms with Crippen LogP contribution in [0, 0.1) is 6.92 Å². The number of aromatic carboxylic acids is 1. The molecule has 1 aromatic rings. The Morgan fingerprint density at radius 3 is 2.62 bits per heavy atom. The molecule has 116 valence electrons. The molecule has 0 aliphatic carbocycles. The molecule has 1 saturated heterocycles. The maximum Gasteiger partial charge on any atom is 0.345 e. The first kappa shape index (κ1) is 15.9. The van der Waals surface area contributed by atoms with E-state index in [2.05, 4.69) is 0 Å². The summed E-state index contributed by atoms with van der Waals surface area (Å²) in [4.78, 5) is 24.7. The Morgan fingerprint density at radius 1 is 1.38 bits per heavy atom. The normalized spacial score (nSPS) is 17.8. The van der Waals surface area contributed by atoms with E-state index in [0.29, 0.717) is 17.8 Å². The zero-order valence-electron chi connectivity index (χ0n) is 11.7. The monoisotopic (exact) mass is 332 g/mol. The molecule has 1 aliphatic rings. The largest absolute Gasteiger partial charge is 0.477 e. The van der Waals surface area contributed by atoms with Crippen molar-refractivity contribution >= 4 is 33.2 Å². The highest BCUT2D eigenvalue weighted by atomic mass is 32.2. The standard InChI is InChI=1S/C12H16N2O5S2/c1-8-10(6-9(20-8)12(16)17)21(18,19)14-5-3-4-13(2)11(15)7-14/h6H,3-5,7H2,1-2H3,(H,16,17). The highest BCUT2D eigenvalue weighted by Crippen LogP contribution is 2.28. The molecule has 21 heavy (non-hydrogen) atoms. The Hall–Kier alpha value is -1.45. The first-order chi connectivity index (χ1) is 9.73. The van der Waals surface area contributed by atoms with E-state index in [1.54, 1.807) is 14.0 Å². The number of hydrogen-bond acceptors (Lipinski definition) is 5. The lowest BCUT2D eigenvalue weighted by molar-refractivity contribution is -0.129. The Bertz CT molecular complexity index is 680. The molecule has 9 heteroatoms. The Kier molecular flexibility index (Phi) is 4.35. The molecule has 0 aromatic carbocycles. The average molecular weight is 332 g/mol. The topological polar surface area (TPSA) is 95.0 Å². The molecule has 0 radical (unpaired) electrons. The Morgan fingerprint density at radius 2 is 2.05 bits per heavy atom. The lowest BCUT2D eigenvalue weighted by atomic mass is 10.4. The number of rotatable bonds is 3. The summed E-state index contributed by atoms with van der Waals surface area (Å²) in [5.41, 5.74) is 0. The van der Waals surface area contributed by atoms with Crippen LogP contribution in [0.4, 0.5) is 0 Å². The second kappa shape index (κ2) is 5.74. The van der Waals surface area contributed by atoms with Crippen molar-refractivity contribution in [1.82, 2.24) is 9.21 Å². The lowest BCUT2D eigenvalue weighted by Crippen LogP contribution is -2.38. The molecule has 7 nitrogen and oxygen atoms in total. The van der Waals surface area contributed by atoms with E-state index >= 15 is 0 Å². The van der Waals surface area contributed by atoms with Crippen LogP contribution in [-0.2, 0) is 14.8 Å². The molecular weight excluding hydrogens is 316 g/mol. The molecule has 0 saturated carbocycles. The van der Waals surface area contributed by atoms with Crippen LogP contribution >= 0.6 is 11.3 Å². The summed E-state index contributed by atoms with van der Waals surface area (Å²) in [6.07, 6.45) is 0.552. The van der Waals surface area contributed by atoms with Gasteiger partial charge in [-0.2, -0.15) is 4.31 Å².